The van der Waals surface area contributed by atoms with Gasteiger partial charge in [-0.05, 0) is 38.7 Å². The van der Waals surface area contributed by atoms with E-state index in [1.54, 1.807) is 33.8 Å². The summed E-state index contributed by atoms with van der Waals surface area (Å²) in [7, 11) is 0. The Morgan fingerprint density at radius 3 is 2.63 bits per heavy atom. The normalized spacial score (nSPS) is 26.4. The molecule has 7 nitrogen and oxygen atoms in total. The van der Waals surface area contributed by atoms with Crippen LogP contribution in [0.5, 0.6) is 0 Å². The van der Waals surface area contributed by atoms with Crippen LogP contribution in [0.1, 0.15) is 41.0 Å². The fourth-order valence-electron chi connectivity index (χ4n) is 3.63. The summed E-state index contributed by atoms with van der Waals surface area (Å²) in [6.07, 6.45) is 2.87. The number of aliphatic hydroxyl groups is 2. The number of carbonyl (C=O) groups excluding carboxylic acids is 2. The van der Waals surface area contributed by atoms with Crippen molar-refractivity contribution >= 4 is 11.9 Å². The summed E-state index contributed by atoms with van der Waals surface area (Å²) in [5.74, 6) is -1.68. The van der Waals surface area contributed by atoms with Gasteiger partial charge in [-0.1, -0.05) is 26.0 Å². The van der Waals surface area contributed by atoms with Gasteiger partial charge in [0.05, 0.1) is 12.1 Å². The molecule has 0 aromatic rings. The second-order valence-corrected chi connectivity index (χ2v) is 7.66. The van der Waals surface area contributed by atoms with Crippen molar-refractivity contribution < 1.29 is 29.3 Å². The summed E-state index contributed by atoms with van der Waals surface area (Å²) in [4.78, 5) is 26.7. The first-order chi connectivity index (χ1) is 12.6. The van der Waals surface area contributed by atoms with Crippen LogP contribution in [0.4, 0.5) is 0 Å². The Bertz CT molecular complexity index is 628. The first-order valence-electron chi connectivity index (χ1n) is 9.47. The van der Waals surface area contributed by atoms with Crippen LogP contribution in [0, 0.1) is 5.92 Å². The lowest BCUT2D eigenvalue weighted by Gasteiger charge is -2.32. The molecule has 1 fully saturated rings. The lowest BCUT2D eigenvalue weighted by atomic mass is 9.85. The van der Waals surface area contributed by atoms with E-state index in [1.165, 1.54) is 6.92 Å². The summed E-state index contributed by atoms with van der Waals surface area (Å²) in [6, 6.07) is -0.120. The minimum atomic E-state index is -1.95. The number of esters is 2. The predicted molar refractivity (Wildman–Crippen MR) is 99.8 cm³/mol. The summed E-state index contributed by atoms with van der Waals surface area (Å²) in [6.45, 7) is 9.68. The predicted octanol–water partition coefficient (Wildman–Crippen LogP) is 1.19. The summed E-state index contributed by atoms with van der Waals surface area (Å²) in [5.41, 5.74) is -0.542. The van der Waals surface area contributed by atoms with E-state index in [2.05, 4.69) is 4.90 Å². The fourth-order valence-corrected chi connectivity index (χ4v) is 3.63. The highest BCUT2D eigenvalue weighted by Crippen LogP contribution is 2.32. The first-order valence-corrected chi connectivity index (χ1v) is 9.47. The topological polar surface area (TPSA) is 96.3 Å². The lowest BCUT2D eigenvalue weighted by molar-refractivity contribution is -0.183. The highest BCUT2D eigenvalue weighted by atomic mass is 16.6. The molecule has 1 saturated heterocycles. The largest absolute Gasteiger partial charge is 0.459 e. The molecule has 2 rings (SSSR count). The quantitative estimate of drug-likeness (QED) is 0.388. The second-order valence-electron chi connectivity index (χ2n) is 7.66. The number of allylic oxidation sites excluding steroid dienone is 1. The van der Waals surface area contributed by atoms with Crippen molar-refractivity contribution in [2.45, 2.75) is 64.9 Å². The standard InChI is InChI=1S/C20H31NO6/c1-6-13(4)18(23)27-16-8-10-21-9-7-15(17(16)21)11-26-19(24)20(25,12(2)3)14(5)22/h6-7,12,14,16-17,22,25H,8-11H2,1-5H3/t14-,16+,17+,20-/m0/s1. The molecule has 2 aliphatic heterocycles. The number of carbonyl (C=O) groups is 2. The number of aliphatic hydroxyl groups excluding tert-OH is 1. The number of nitrogens with zero attached hydrogens (tertiary/aromatic N) is 1. The zero-order chi connectivity index (χ0) is 20.4. The van der Waals surface area contributed by atoms with Gasteiger partial charge >= 0.3 is 11.9 Å². The maximum atomic E-state index is 12.4. The van der Waals surface area contributed by atoms with E-state index in [0.29, 0.717) is 12.1 Å². The van der Waals surface area contributed by atoms with Crippen LogP contribution in [0.2, 0.25) is 0 Å². The Morgan fingerprint density at radius 1 is 1.41 bits per heavy atom. The van der Waals surface area contributed by atoms with Gasteiger partial charge in [-0.3, -0.25) is 4.90 Å². The van der Waals surface area contributed by atoms with Gasteiger partial charge in [0.15, 0.2) is 5.60 Å². The van der Waals surface area contributed by atoms with Crippen LogP contribution in [0.3, 0.4) is 0 Å². The minimum Gasteiger partial charge on any atom is -0.459 e. The average Bonchev–Trinajstić information content (AvgIpc) is 3.20. The molecule has 0 amide bonds. The van der Waals surface area contributed by atoms with Crippen molar-refractivity contribution in [1.82, 2.24) is 4.90 Å². The summed E-state index contributed by atoms with van der Waals surface area (Å²) < 4.78 is 11.0. The minimum absolute atomic E-state index is 0.00159. The van der Waals surface area contributed by atoms with E-state index in [9.17, 15) is 19.8 Å². The molecule has 152 valence electrons. The Balaban J connectivity index is 2.03. The molecule has 0 bridgehead atoms. The molecule has 2 N–H and O–H groups in total. The maximum absolute atomic E-state index is 12.4. The summed E-state index contributed by atoms with van der Waals surface area (Å²) >= 11 is 0. The Kier molecular flexibility index (Phi) is 6.83. The number of hydrogen-bond donors (Lipinski definition) is 2. The highest BCUT2D eigenvalue weighted by molar-refractivity contribution is 5.87. The molecule has 2 heterocycles. The van der Waals surface area contributed by atoms with E-state index in [1.807, 2.05) is 6.08 Å². The molecule has 7 heteroatoms. The molecular weight excluding hydrogens is 350 g/mol. The molecular formula is C20H31NO6. The van der Waals surface area contributed by atoms with Crippen molar-refractivity contribution in [3.8, 4) is 0 Å². The number of hydrogen-bond acceptors (Lipinski definition) is 7. The number of fused-ring (bicyclic) bond motifs is 1. The average molecular weight is 381 g/mol. The van der Waals surface area contributed by atoms with Gasteiger partial charge < -0.3 is 19.7 Å². The molecule has 27 heavy (non-hydrogen) atoms. The van der Waals surface area contributed by atoms with Crippen molar-refractivity contribution in [2.75, 3.05) is 19.7 Å². The molecule has 0 unspecified atom stereocenters. The van der Waals surface area contributed by atoms with Crippen LogP contribution < -0.4 is 0 Å². The molecule has 0 saturated carbocycles. The van der Waals surface area contributed by atoms with Crippen LogP contribution >= 0.6 is 0 Å². The van der Waals surface area contributed by atoms with Crippen LogP contribution in [0.25, 0.3) is 0 Å². The van der Waals surface area contributed by atoms with Gasteiger partial charge in [0, 0.05) is 18.7 Å². The van der Waals surface area contributed by atoms with Crippen molar-refractivity contribution in [3.63, 3.8) is 0 Å². The molecule has 0 spiro atoms. The third-order valence-electron chi connectivity index (χ3n) is 5.64. The van der Waals surface area contributed by atoms with Gasteiger partial charge in [-0.2, -0.15) is 0 Å². The highest BCUT2D eigenvalue weighted by Gasteiger charge is 2.47. The molecule has 0 aromatic heterocycles. The Morgan fingerprint density at radius 2 is 2.07 bits per heavy atom. The SMILES string of the molecule is CC=C(C)C(=O)O[C@@H]1CCN2CC=C(COC(=O)[C@](O)(C(C)C)[C@H](C)O)[C@H]12. The van der Waals surface area contributed by atoms with Crippen molar-refractivity contribution in [2.24, 2.45) is 5.92 Å². The molecule has 2 aliphatic rings. The number of rotatable bonds is 7. The van der Waals surface area contributed by atoms with Gasteiger partial charge in [-0.25, -0.2) is 9.59 Å². The maximum Gasteiger partial charge on any atom is 0.341 e. The Hall–Kier alpha value is -1.70. The van der Waals surface area contributed by atoms with Gasteiger partial charge in [-0.15, -0.1) is 0 Å². The third kappa shape index (κ3) is 4.25. The monoisotopic (exact) mass is 381 g/mol. The van der Waals surface area contributed by atoms with Crippen LogP contribution in [-0.2, 0) is 19.1 Å². The second kappa shape index (κ2) is 8.54. The third-order valence-corrected chi connectivity index (χ3v) is 5.64. The van der Waals surface area contributed by atoms with E-state index >= 15 is 0 Å². The van der Waals surface area contributed by atoms with E-state index in [-0.39, 0.29) is 24.7 Å². The van der Waals surface area contributed by atoms with Crippen LogP contribution in [0.15, 0.2) is 23.3 Å². The first kappa shape index (κ1) is 21.6. The molecule has 4 atom stereocenters. The Labute approximate surface area is 160 Å². The zero-order valence-electron chi connectivity index (χ0n) is 16.8. The molecule has 0 aromatic carbocycles. The van der Waals surface area contributed by atoms with Crippen molar-refractivity contribution in [3.05, 3.63) is 23.3 Å². The lowest BCUT2D eigenvalue weighted by Crippen LogP contribution is -2.53. The zero-order valence-corrected chi connectivity index (χ0v) is 16.8. The van der Waals surface area contributed by atoms with Gasteiger partial charge in [0.2, 0.25) is 0 Å². The molecule has 0 radical (unpaired) electrons. The fraction of sp³-hybridized carbons (Fsp3) is 0.700. The van der Waals surface area contributed by atoms with Gasteiger partial charge in [0.25, 0.3) is 0 Å². The molecule has 0 aliphatic carbocycles. The smallest absolute Gasteiger partial charge is 0.341 e. The summed E-state index contributed by atoms with van der Waals surface area (Å²) in [5, 5.41) is 20.4. The van der Waals surface area contributed by atoms with E-state index < -0.39 is 23.6 Å². The van der Waals surface area contributed by atoms with E-state index in [0.717, 1.165) is 18.5 Å². The van der Waals surface area contributed by atoms with E-state index in [4.69, 9.17) is 9.47 Å². The van der Waals surface area contributed by atoms with Crippen molar-refractivity contribution in [1.29, 1.82) is 0 Å². The van der Waals surface area contributed by atoms with Crippen LogP contribution in [-0.4, -0.2) is 70.6 Å². The van der Waals surface area contributed by atoms with Gasteiger partial charge in [0.1, 0.15) is 12.7 Å². The number of ether oxygens (including phenoxy) is 2.